The number of allylic oxidation sites excluding steroid dienone is 4. The lowest BCUT2D eigenvalue weighted by Crippen LogP contribution is -2.30. The van der Waals surface area contributed by atoms with Gasteiger partial charge in [0.25, 0.3) is 0 Å². The van der Waals surface area contributed by atoms with Gasteiger partial charge in [-0.1, -0.05) is 290 Å². The molecule has 0 fully saturated rings. The minimum atomic E-state index is -4.96. The molecular weight excluding hydrogens is 1190 g/mol. The molecule has 0 heterocycles. The van der Waals surface area contributed by atoms with Crippen LogP contribution in [0.25, 0.3) is 0 Å². The highest BCUT2D eigenvalue weighted by molar-refractivity contribution is 7.47. The van der Waals surface area contributed by atoms with Gasteiger partial charge in [-0.15, -0.1) is 0 Å². The predicted octanol–water partition coefficient (Wildman–Crippen LogP) is 20.1. The van der Waals surface area contributed by atoms with E-state index >= 15 is 0 Å². The van der Waals surface area contributed by atoms with Gasteiger partial charge >= 0.3 is 39.5 Å². The van der Waals surface area contributed by atoms with Crippen LogP contribution in [-0.4, -0.2) is 96.7 Å². The van der Waals surface area contributed by atoms with Gasteiger partial charge in [0.1, 0.15) is 19.3 Å². The number of ether oxygens (including phenoxy) is 4. The maximum Gasteiger partial charge on any atom is 0.472 e. The molecule has 0 saturated heterocycles. The second-order valence-corrected chi connectivity index (χ2v) is 28.3. The molecule has 0 aliphatic rings. The van der Waals surface area contributed by atoms with Crippen LogP contribution in [0.15, 0.2) is 24.3 Å². The number of rotatable bonds is 69. The molecule has 0 aromatic rings. The first-order chi connectivity index (χ1) is 43.5. The third kappa shape index (κ3) is 64.3. The first-order valence-corrected chi connectivity index (χ1v) is 39.4. The van der Waals surface area contributed by atoms with Crippen molar-refractivity contribution in [1.29, 1.82) is 0 Å². The van der Waals surface area contributed by atoms with Crippen molar-refractivity contribution in [2.24, 2.45) is 5.92 Å². The number of unbranched alkanes of at least 4 members (excludes halogenated alkanes) is 38. The molecule has 2 unspecified atom stereocenters. The molecule has 0 aliphatic carbocycles. The molecule has 0 rings (SSSR count). The number of aliphatic hydroxyl groups is 1. The highest BCUT2D eigenvalue weighted by Crippen LogP contribution is 2.45. The van der Waals surface area contributed by atoms with Crippen LogP contribution in [0.2, 0.25) is 0 Å². The number of hydrogen-bond acceptors (Lipinski definition) is 15. The zero-order chi connectivity index (χ0) is 66.3. The Morgan fingerprint density at radius 2 is 0.600 bits per heavy atom. The summed E-state index contributed by atoms with van der Waals surface area (Å²) in [7, 11) is -9.91. The third-order valence-corrected chi connectivity index (χ3v) is 17.8. The van der Waals surface area contributed by atoms with Crippen molar-refractivity contribution in [1.82, 2.24) is 0 Å². The highest BCUT2D eigenvalue weighted by Gasteiger charge is 2.30. The van der Waals surface area contributed by atoms with Gasteiger partial charge in [0.05, 0.1) is 26.4 Å². The normalized spacial score (nSPS) is 14.2. The molecule has 3 N–H and O–H groups in total. The number of phosphoric ester groups is 2. The molecule has 5 atom stereocenters. The van der Waals surface area contributed by atoms with Crippen LogP contribution >= 0.6 is 15.6 Å². The standard InChI is InChI=1S/C71H134O17P2/c1-6-9-12-15-18-21-23-24-25-26-32-37-42-47-52-57-71(76)88-67(61-82-69(74)55-50-45-40-35-31-28-27-30-34-38-43-48-53-64(4)5)63-86-90(79,80)84-59-65(72)58-83-89(77,78)85-62-66(60-81-68(73)54-49-44-39-33-20-17-14-11-8-3)87-70(75)56-51-46-41-36-29-22-19-16-13-10-7-2/h21,23-25,64-67,72H,6-20,22,26-63H2,1-5H3,(H,77,78)(H,79,80)/b23-21-,25-24-/t65-,66+,67+/m0/s1. The first-order valence-electron chi connectivity index (χ1n) is 36.5. The molecule has 0 aromatic heterocycles. The minimum Gasteiger partial charge on any atom is -0.462 e. The largest absolute Gasteiger partial charge is 0.472 e. The first kappa shape index (κ1) is 87.5. The maximum absolute atomic E-state index is 13.0. The lowest BCUT2D eigenvalue weighted by atomic mass is 10.0. The molecule has 0 spiro atoms. The van der Waals surface area contributed by atoms with Crippen molar-refractivity contribution in [2.75, 3.05) is 39.6 Å². The van der Waals surface area contributed by atoms with Gasteiger partial charge in [0.15, 0.2) is 12.2 Å². The Labute approximate surface area is 548 Å². The van der Waals surface area contributed by atoms with Crippen molar-refractivity contribution in [3.05, 3.63) is 24.3 Å². The van der Waals surface area contributed by atoms with Crippen LogP contribution < -0.4 is 0 Å². The zero-order valence-electron chi connectivity index (χ0n) is 57.8. The molecule has 19 heteroatoms. The van der Waals surface area contributed by atoms with Crippen molar-refractivity contribution in [3.63, 3.8) is 0 Å². The maximum atomic E-state index is 13.0. The van der Waals surface area contributed by atoms with Crippen LogP contribution in [0.1, 0.15) is 343 Å². The van der Waals surface area contributed by atoms with E-state index in [0.29, 0.717) is 25.7 Å². The molecule has 530 valence electrons. The Hall–Kier alpha value is -2.46. The number of phosphoric acid groups is 2. The summed E-state index contributed by atoms with van der Waals surface area (Å²) in [5.74, 6) is -1.37. The van der Waals surface area contributed by atoms with E-state index in [1.165, 1.54) is 154 Å². The van der Waals surface area contributed by atoms with E-state index in [0.717, 1.165) is 109 Å². The molecular formula is C71H134O17P2. The Bertz CT molecular complexity index is 1830. The summed E-state index contributed by atoms with van der Waals surface area (Å²) >= 11 is 0. The highest BCUT2D eigenvalue weighted by atomic mass is 31.2. The van der Waals surface area contributed by atoms with Gasteiger partial charge in [-0.05, 0) is 57.3 Å². The topological polar surface area (TPSA) is 237 Å². The summed E-state index contributed by atoms with van der Waals surface area (Å²) in [6.07, 6.45) is 53.4. The van der Waals surface area contributed by atoms with Crippen molar-refractivity contribution >= 4 is 39.5 Å². The van der Waals surface area contributed by atoms with Crippen molar-refractivity contribution < 1.29 is 80.2 Å². The fourth-order valence-electron chi connectivity index (χ4n) is 10.3. The van der Waals surface area contributed by atoms with Crippen LogP contribution in [0.3, 0.4) is 0 Å². The average Bonchev–Trinajstić information content (AvgIpc) is 3.17. The van der Waals surface area contributed by atoms with Gasteiger partial charge in [0, 0.05) is 25.7 Å². The van der Waals surface area contributed by atoms with E-state index in [-0.39, 0.29) is 25.7 Å². The Morgan fingerprint density at radius 1 is 0.344 bits per heavy atom. The SMILES string of the molecule is CCCCCC/C=C\C=C/CCCCCCCC(=O)O[C@H](COC(=O)CCCCCCCCCCCCCCC(C)C)COP(=O)(O)OC[C@@H](O)COP(=O)(O)OC[C@@H](COC(=O)CCCCCCCCCCC)OC(=O)CCCCCCCCCCCCC. The van der Waals surface area contributed by atoms with Gasteiger partial charge in [-0.3, -0.25) is 37.3 Å². The second-order valence-electron chi connectivity index (χ2n) is 25.4. The average molecular weight is 1320 g/mol. The molecule has 0 bridgehead atoms. The quantitative estimate of drug-likeness (QED) is 0.0169. The summed E-state index contributed by atoms with van der Waals surface area (Å²) < 4.78 is 68.2. The third-order valence-electron chi connectivity index (χ3n) is 15.9. The Balaban J connectivity index is 5.27. The molecule has 0 aromatic carbocycles. The number of carbonyl (C=O) groups is 4. The summed E-state index contributed by atoms with van der Waals surface area (Å²) in [5, 5.41) is 10.6. The number of esters is 4. The summed E-state index contributed by atoms with van der Waals surface area (Å²) in [6.45, 7) is 7.18. The van der Waals surface area contributed by atoms with E-state index in [1.807, 2.05) is 0 Å². The molecule has 0 saturated carbocycles. The molecule has 90 heavy (non-hydrogen) atoms. The van der Waals surface area contributed by atoms with Crippen LogP contribution in [-0.2, 0) is 65.4 Å². The summed E-state index contributed by atoms with van der Waals surface area (Å²) in [6, 6.07) is 0. The minimum absolute atomic E-state index is 0.0852. The molecule has 0 radical (unpaired) electrons. The lowest BCUT2D eigenvalue weighted by molar-refractivity contribution is -0.161. The fraction of sp³-hybridized carbons (Fsp3) is 0.887. The van der Waals surface area contributed by atoms with Gasteiger partial charge < -0.3 is 33.8 Å². The van der Waals surface area contributed by atoms with E-state index in [2.05, 4.69) is 58.9 Å². The van der Waals surface area contributed by atoms with E-state index in [9.17, 15) is 43.2 Å². The fourth-order valence-corrected chi connectivity index (χ4v) is 11.9. The smallest absolute Gasteiger partial charge is 0.462 e. The second kappa shape index (κ2) is 63.9. The van der Waals surface area contributed by atoms with Gasteiger partial charge in [-0.2, -0.15) is 0 Å². The van der Waals surface area contributed by atoms with E-state index < -0.39 is 97.5 Å². The Kier molecular flexibility index (Phi) is 62.2. The summed E-state index contributed by atoms with van der Waals surface area (Å²) in [4.78, 5) is 72.5. The monoisotopic (exact) mass is 1320 g/mol. The van der Waals surface area contributed by atoms with E-state index in [1.54, 1.807) is 0 Å². The van der Waals surface area contributed by atoms with Crippen molar-refractivity contribution in [3.8, 4) is 0 Å². The van der Waals surface area contributed by atoms with Crippen LogP contribution in [0.5, 0.6) is 0 Å². The van der Waals surface area contributed by atoms with Gasteiger partial charge in [-0.25, -0.2) is 9.13 Å². The van der Waals surface area contributed by atoms with Crippen LogP contribution in [0, 0.1) is 5.92 Å². The molecule has 0 amide bonds. The zero-order valence-corrected chi connectivity index (χ0v) is 59.5. The van der Waals surface area contributed by atoms with E-state index in [4.69, 9.17) is 37.0 Å². The number of carbonyl (C=O) groups excluding carboxylic acids is 4. The lowest BCUT2D eigenvalue weighted by Gasteiger charge is -2.21. The summed E-state index contributed by atoms with van der Waals surface area (Å²) in [5.41, 5.74) is 0. The Morgan fingerprint density at radius 3 is 0.911 bits per heavy atom. The molecule has 17 nitrogen and oxygen atoms in total. The predicted molar refractivity (Wildman–Crippen MR) is 363 cm³/mol. The van der Waals surface area contributed by atoms with Crippen LogP contribution in [0.4, 0.5) is 0 Å². The number of hydrogen-bond donors (Lipinski definition) is 3. The number of aliphatic hydroxyl groups excluding tert-OH is 1. The van der Waals surface area contributed by atoms with Crippen molar-refractivity contribution in [2.45, 2.75) is 361 Å². The molecule has 0 aliphatic heterocycles. The van der Waals surface area contributed by atoms with Gasteiger partial charge in [0.2, 0.25) is 0 Å².